The summed E-state index contributed by atoms with van der Waals surface area (Å²) in [4.78, 5) is 36.0. The van der Waals surface area contributed by atoms with Gasteiger partial charge in [0.2, 0.25) is 5.91 Å². The van der Waals surface area contributed by atoms with Gasteiger partial charge in [0.1, 0.15) is 23.3 Å². The number of nitriles is 1. The van der Waals surface area contributed by atoms with Crippen LogP contribution in [0.3, 0.4) is 0 Å². The molecule has 0 heterocycles. The van der Waals surface area contributed by atoms with Crippen molar-refractivity contribution < 1.29 is 46.5 Å². The summed E-state index contributed by atoms with van der Waals surface area (Å²) in [6, 6.07) is 14.4. The smallest absolute Gasteiger partial charge is 0.387 e. The van der Waals surface area contributed by atoms with E-state index < -0.39 is 51.7 Å². The maximum Gasteiger partial charge on any atom is 0.387 e. The fraction of sp³-hybridized carbons (Fsp3) is 0.185. The molecule has 0 saturated carbocycles. The average molecular weight is 605 g/mol. The maximum absolute atomic E-state index is 12.7. The number of para-hydroxylation sites is 1. The van der Waals surface area contributed by atoms with Gasteiger partial charge in [0, 0.05) is 23.7 Å². The molecule has 42 heavy (non-hydrogen) atoms. The number of rotatable bonds is 10. The molecule has 0 aromatic heterocycles. The first-order valence-electron chi connectivity index (χ1n) is 11.8. The lowest BCUT2D eigenvalue weighted by Crippen LogP contribution is -2.50. The van der Waals surface area contributed by atoms with Crippen LogP contribution in [0.2, 0.25) is 0 Å². The highest BCUT2D eigenvalue weighted by Gasteiger charge is 2.31. The third-order valence-electron chi connectivity index (χ3n) is 5.35. The van der Waals surface area contributed by atoms with Crippen molar-refractivity contribution in [1.29, 1.82) is 5.26 Å². The number of phenolic OH excluding ortho intramolecular Hbond substituents is 2. The molecule has 15 heteroatoms. The first-order chi connectivity index (χ1) is 19.7. The summed E-state index contributed by atoms with van der Waals surface area (Å²) in [5.41, 5.74) is 5.32. The number of ether oxygens (including phenoxy) is 1. The Balaban J connectivity index is 0.000000518. The Morgan fingerprint density at radius 3 is 2.00 bits per heavy atom. The Labute approximate surface area is 239 Å². The van der Waals surface area contributed by atoms with Gasteiger partial charge in [0.15, 0.2) is 16.0 Å². The number of sulfone groups is 1. The zero-order chi connectivity index (χ0) is 31.4. The zero-order valence-electron chi connectivity index (χ0n) is 22.0. The fourth-order valence-electron chi connectivity index (χ4n) is 3.32. The molecule has 0 saturated heterocycles. The minimum atomic E-state index is -4.15. The van der Waals surface area contributed by atoms with Crippen molar-refractivity contribution >= 4 is 27.6 Å². The molecule has 3 amide bonds. The number of primary amides is 1. The van der Waals surface area contributed by atoms with E-state index in [1.54, 1.807) is 0 Å². The second-order valence-corrected chi connectivity index (χ2v) is 10.6. The number of nitrogens with two attached hydrogens (primary N) is 1. The molecule has 12 nitrogen and oxygen atoms in total. The van der Waals surface area contributed by atoms with Crippen molar-refractivity contribution in [1.82, 2.24) is 10.2 Å². The third-order valence-corrected chi connectivity index (χ3v) is 6.94. The number of phenols is 2. The first kappa shape index (κ1) is 33.0. The largest absolute Gasteiger partial charge is 0.508 e. The van der Waals surface area contributed by atoms with Crippen LogP contribution in [0.1, 0.15) is 26.3 Å². The molecule has 3 aromatic rings. The standard InChI is InChI=1S/C20H19F2N3O6S.C7H7NO2/c1-25(12-23)19(28)16(24-18(27)13-6-8-15(26)9-7-13)11-32(29,30)10-14-4-2-3-5-17(14)31-20(21)22;8-7(10)5-1-3-6(9)4-2-5/h2-9,16,20,26H,10-11H2,1H3,(H,24,27);1-4,9H,(H2,8,10)/t16-;/m0./s1. The van der Waals surface area contributed by atoms with Crippen LogP contribution in [0.5, 0.6) is 17.2 Å². The van der Waals surface area contributed by atoms with Gasteiger partial charge in [-0.3, -0.25) is 19.3 Å². The second kappa shape index (κ2) is 15.0. The number of nitrogens with zero attached hydrogens (tertiary/aromatic N) is 2. The van der Waals surface area contributed by atoms with Crippen molar-refractivity contribution in [2.75, 3.05) is 12.8 Å². The van der Waals surface area contributed by atoms with E-state index in [-0.39, 0.29) is 28.4 Å². The molecule has 1 atom stereocenters. The van der Waals surface area contributed by atoms with Crippen molar-refractivity contribution in [2.24, 2.45) is 5.73 Å². The van der Waals surface area contributed by atoms with Gasteiger partial charge >= 0.3 is 6.61 Å². The molecular formula is C27H26F2N4O8S. The van der Waals surface area contributed by atoms with Crippen LogP contribution in [0.4, 0.5) is 8.78 Å². The van der Waals surface area contributed by atoms with Crippen LogP contribution in [0.25, 0.3) is 0 Å². The number of benzene rings is 3. The summed E-state index contributed by atoms with van der Waals surface area (Å²) in [5.74, 6) is -4.24. The van der Waals surface area contributed by atoms with E-state index in [0.717, 1.165) is 7.05 Å². The number of likely N-dealkylation sites (N-methyl/N-ethyl adjacent to an activating group) is 1. The number of nitrogens with one attached hydrogen (secondary N) is 1. The van der Waals surface area contributed by atoms with Crippen molar-refractivity contribution in [3.05, 3.63) is 89.5 Å². The highest BCUT2D eigenvalue weighted by Crippen LogP contribution is 2.23. The van der Waals surface area contributed by atoms with E-state index in [0.29, 0.717) is 10.5 Å². The van der Waals surface area contributed by atoms with Crippen LogP contribution < -0.4 is 15.8 Å². The van der Waals surface area contributed by atoms with Crippen molar-refractivity contribution in [3.8, 4) is 23.4 Å². The molecule has 0 fully saturated rings. The topological polar surface area (TPSA) is 200 Å². The Morgan fingerprint density at radius 1 is 0.976 bits per heavy atom. The third kappa shape index (κ3) is 10.4. The maximum atomic E-state index is 12.7. The molecule has 0 spiro atoms. The molecule has 0 radical (unpaired) electrons. The number of alkyl halides is 2. The molecule has 5 N–H and O–H groups in total. The van der Waals surface area contributed by atoms with Crippen LogP contribution >= 0.6 is 0 Å². The van der Waals surface area contributed by atoms with E-state index >= 15 is 0 Å². The van der Waals surface area contributed by atoms with E-state index in [2.05, 4.69) is 10.1 Å². The predicted molar refractivity (Wildman–Crippen MR) is 145 cm³/mol. The van der Waals surface area contributed by atoms with Gasteiger partial charge in [0.05, 0.1) is 11.5 Å². The molecule has 0 bridgehead atoms. The van der Waals surface area contributed by atoms with Crippen molar-refractivity contribution in [2.45, 2.75) is 18.4 Å². The number of amides is 3. The molecular weight excluding hydrogens is 578 g/mol. The number of halogens is 2. The normalized spacial score (nSPS) is 11.3. The molecule has 3 aromatic carbocycles. The van der Waals surface area contributed by atoms with Crippen molar-refractivity contribution in [3.63, 3.8) is 0 Å². The molecule has 0 aliphatic heterocycles. The Morgan fingerprint density at radius 2 is 1.50 bits per heavy atom. The van der Waals surface area contributed by atoms with Gasteiger partial charge < -0.3 is 26.0 Å². The molecule has 0 aliphatic carbocycles. The minimum Gasteiger partial charge on any atom is -0.508 e. The monoisotopic (exact) mass is 604 g/mol. The quantitative estimate of drug-likeness (QED) is 0.198. The van der Waals surface area contributed by atoms with E-state index in [1.807, 2.05) is 0 Å². The first-order valence-corrected chi connectivity index (χ1v) is 13.6. The van der Waals surface area contributed by atoms with E-state index in [4.69, 9.17) is 16.1 Å². The van der Waals surface area contributed by atoms with Gasteiger partial charge in [-0.1, -0.05) is 18.2 Å². The van der Waals surface area contributed by atoms with E-state index in [1.165, 1.54) is 79.0 Å². The predicted octanol–water partition coefficient (Wildman–Crippen LogP) is 2.14. The van der Waals surface area contributed by atoms with Crippen LogP contribution in [0, 0.1) is 11.5 Å². The van der Waals surface area contributed by atoms with Gasteiger partial charge in [-0.05, 0) is 54.6 Å². The van der Waals surface area contributed by atoms with Crippen LogP contribution in [-0.4, -0.2) is 66.7 Å². The molecule has 3 rings (SSSR count). The summed E-state index contributed by atoms with van der Waals surface area (Å²) in [7, 11) is -3.05. The number of aromatic hydroxyl groups is 2. The molecule has 0 unspecified atom stereocenters. The zero-order valence-corrected chi connectivity index (χ0v) is 22.8. The lowest BCUT2D eigenvalue weighted by molar-refractivity contribution is -0.128. The fourth-order valence-corrected chi connectivity index (χ4v) is 4.89. The summed E-state index contributed by atoms with van der Waals surface area (Å²) in [6.07, 6.45) is 1.53. The van der Waals surface area contributed by atoms with E-state index in [9.17, 15) is 36.7 Å². The average Bonchev–Trinajstić information content (AvgIpc) is 2.93. The Bertz CT molecular complexity index is 1540. The molecule has 222 valence electrons. The summed E-state index contributed by atoms with van der Waals surface area (Å²) in [6.45, 7) is -3.16. The summed E-state index contributed by atoms with van der Waals surface area (Å²) < 4.78 is 55.0. The molecule has 0 aliphatic rings. The number of hydrogen-bond donors (Lipinski definition) is 4. The lowest BCUT2D eigenvalue weighted by Gasteiger charge is -2.20. The van der Waals surface area contributed by atoms with Gasteiger partial charge in [-0.15, -0.1) is 0 Å². The van der Waals surface area contributed by atoms with Gasteiger partial charge in [-0.2, -0.15) is 14.0 Å². The number of hydrogen-bond acceptors (Lipinski definition) is 9. The Hall–Kier alpha value is -5.23. The van der Waals surface area contributed by atoms with Crippen LogP contribution in [-0.2, 0) is 20.4 Å². The highest BCUT2D eigenvalue weighted by atomic mass is 32.2. The second-order valence-electron chi connectivity index (χ2n) is 8.52. The lowest BCUT2D eigenvalue weighted by atomic mass is 10.2. The number of carbonyl (C=O) groups excluding carboxylic acids is 3. The SMILES string of the molecule is CN(C#N)C(=O)[C@H](CS(=O)(=O)Cc1ccccc1OC(F)F)NC(=O)c1ccc(O)cc1.NC(=O)c1ccc(O)cc1. The van der Waals surface area contributed by atoms with Gasteiger partial charge in [0.25, 0.3) is 11.8 Å². The minimum absolute atomic E-state index is 0.0355. The van der Waals surface area contributed by atoms with Gasteiger partial charge in [-0.25, -0.2) is 8.42 Å². The highest BCUT2D eigenvalue weighted by molar-refractivity contribution is 7.90. The van der Waals surface area contributed by atoms with Crippen LogP contribution in [0.15, 0.2) is 72.8 Å². The summed E-state index contributed by atoms with van der Waals surface area (Å²) in [5, 5.41) is 29.3. The Kier molecular flexibility index (Phi) is 11.7. The number of carbonyl (C=O) groups is 3. The summed E-state index contributed by atoms with van der Waals surface area (Å²) >= 11 is 0.